The minimum atomic E-state index is -0.641. The van der Waals surface area contributed by atoms with E-state index in [1.54, 1.807) is 18.2 Å². The zero-order valence-electron chi connectivity index (χ0n) is 9.14. The minimum absolute atomic E-state index is 0.332. The molecule has 6 nitrogen and oxygen atoms in total. The zero-order chi connectivity index (χ0) is 13.5. The Labute approximate surface area is 113 Å². The van der Waals surface area contributed by atoms with Gasteiger partial charge in [0.05, 0.1) is 16.3 Å². The summed E-state index contributed by atoms with van der Waals surface area (Å²) in [6.45, 7) is -0.379. The monoisotopic (exact) mass is 288 g/mol. The first kappa shape index (κ1) is 14.3. The van der Waals surface area contributed by atoms with Crippen molar-refractivity contribution in [1.82, 2.24) is 0 Å². The molecular formula is C10H10Cl2N4O2. The highest BCUT2D eigenvalue weighted by Crippen LogP contribution is 2.22. The smallest absolute Gasteiger partial charge is 0.289 e. The molecular weight excluding hydrogens is 279 g/mol. The van der Waals surface area contributed by atoms with E-state index in [0.29, 0.717) is 15.6 Å². The summed E-state index contributed by atoms with van der Waals surface area (Å²) in [7, 11) is 0. The molecule has 0 fully saturated rings. The number of carbonyl (C=O) groups is 1. The normalized spacial score (nSPS) is 10.3. The Hall–Kier alpha value is -1.79. The van der Waals surface area contributed by atoms with Gasteiger partial charge in [-0.25, -0.2) is 0 Å². The van der Waals surface area contributed by atoms with Crippen molar-refractivity contribution in [3.63, 3.8) is 0 Å². The highest BCUT2D eigenvalue weighted by Gasteiger charge is 2.03. The first-order valence-electron chi connectivity index (χ1n) is 4.72. The van der Waals surface area contributed by atoms with E-state index < -0.39 is 5.91 Å². The van der Waals surface area contributed by atoms with Crippen LogP contribution in [0.1, 0.15) is 5.56 Å². The van der Waals surface area contributed by atoms with E-state index in [0.717, 1.165) is 0 Å². The van der Waals surface area contributed by atoms with Crippen molar-refractivity contribution in [2.24, 2.45) is 21.6 Å². The number of amides is 1. The Morgan fingerprint density at radius 1 is 1.33 bits per heavy atom. The average Bonchev–Trinajstić information content (AvgIpc) is 2.26. The molecule has 18 heavy (non-hydrogen) atoms. The highest BCUT2D eigenvalue weighted by molar-refractivity contribution is 6.38. The maximum atomic E-state index is 11.0. The fourth-order valence-corrected chi connectivity index (χ4v) is 1.49. The Morgan fingerprint density at radius 2 is 1.94 bits per heavy atom. The van der Waals surface area contributed by atoms with Crippen LogP contribution in [0.5, 0.6) is 0 Å². The van der Waals surface area contributed by atoms with Crippen LogP contribution < -0.4 is 11.5 Å². The quantitative estimate of drug-likeness (QED) is 0.493. The molecule has 1 aromatic carbocycles. The number of nitrogens with two attached hydrogens (primary N) is 2. The van der Waals surface area contributed by atoms with Crippen LogP contribution in [0.3, 0.4) is 0 Å². The second-order valence-corrected chi connectivity index (χ2v) is 3.89. The molecule has 0 spiro atoms. The lowest BCUT2D eigenvalue weighted by atomic mass is 10.2. The molecule has 0 heterocycles. The molecule has 8 heteroatoms. The zero-order valence-corrected chi connectivity index (χ0v) is 10.6. The van der Waals surface area contributed by atoms with E-state index >= 15 is 0 Å². The first-order chi connectivity index (χ1) is 8.50. The summed E-state index contributed by atoms with van der Waals surface area (Å²) in [5, 5.41) is 4.39. The van der Waals surface area contributed by atoms with Gasteiger partial charge in [0.25, 0.3) is 5.91 Å². The summed E-state index contributed by atoms with van der Waals surface area (Å²) in [4.78, 5) is 18.9. The number of nitrogens with zero attached hydrogens (tertiary/aromatic N) is 2. The Morgan fingerprint density at radius 3 is 2.50 bits per heavy atom. The Bertz CT molecular complexity index is 478. The summed E-state index contributed by atoms with van der Waals surface area (Å²) in [6, 6.07) is 5.00. The highest BCUT2D eigenvalue weighted by atomic mass is 35.5. The standard InChI is InChI=1S/C10H10Cl2N4O2/c11-7-2-1-3-8(12)6(7)4-15-18-5-9(17)16-10(13)14/h1-4H,5H2,(H4,13,14,16,17)/b15-4+. The molecule has 0 aliphatic rings. The van der Waals surface area contributed by atoms with E-state index in [-0.39, 0.29) is 12.6 Å². The number of carbonyl (C=O) groups excluding carboxylic acids is 1. The number of hydrogen-bond donors (Lipinski definition) is 2. The summed E-state index contributed by atoms with van der Waals surface area (Å²) in [5.41, 5.74) is 10.5. The summed E-state index contributed by atoms with van der Waals surface area (Å²) in [5.74, 6) is -0.973. The van der Waals surface area contributed by atoms with Crippen LogP contribution in [0.4, 0.5) is 0 Å². The van der Waals surface area contributed by atoms with Gasteiger partial charge in [0.2, 0.25) is 0 Å². The van der Waals surface area contributed by atoms with Gasteiger partial charge in [0.1, 0.15) is 0 Å². The number of oxime groups is 1. The average molecular weight is 289 g/mol. The van der Waals surface area contributed by atoms with E-state index in [9.17, 15) is 4.79 Å². The lowest BCUT2D eigenvalue weighted by Crippen LogP contribution is -2.25. The topological polar surface area (TPSA) is 103 Å². The Kier molecular flexibility index (Phi) is 5.41. The molecule has 0 aliphatic carbocycles. The van der Waals surface area contributed by atoms with Crippen LogP contribution in [0.25, 0.3) is 0 Å². The van der Waals surface area contributed by atoms with Gasteiger partial charge in [-0.15, -0.1) is 0 Å². The molecule has 0 saturated carbocycles. The summed E-state index contributed by atoms with van der Waals surface area (Å²) >= 11 is 11.8. The first-order valence-corrected chi connectivity index (χ1v) is 5.48. The van der Waals surface area contributed by atoms with Crippen LogP contribution in [-0.4, -0.2) is 24.7 Å². The van der Waals surface area contributed by atoms with E-state index in [4.69, 9.17) is 39.5 Å². The predicted molar refractivity (Wildman–Crippen MR) is 70.8 cm³/mol. The van der Waals surface area contributed by atoms with Crippen molar-refractivity contribution in [2.75, 3.05) is 6.61 Å². The lowest BCUT2D eigenvalue weighted by Gasteiger charge is -2.00. The van der Waals surface area contributed by atoms with Crippen molar-refractivity contribution >= 4 is 41.3 Å². The van der Waals surface area contributed by atoms with Crippen molar-refractivity contribution in [1.29, 1.82) is 0 Å². The molecule has 0 bridgehead atoms. The van der Waals surface area contributed by atoms with Gasteiger partial charge in [-0.3, -0.25) is 4.79 Å². The summed E-state index contributed by atoms with van der Waals surface area (Å²) in [6.07, 6.45) is 1.30. The maximum Gasteiger partial charge on any atom is 0.289 e. The van der Waals surface area contributed by atoms with E-state index in [1.807, 2.05) is 0 Å². The van der Waals surface area contributed by atoms with Gasteiger partial charge in [-0.1, -0.05) is 34.4 Å². The van der Waals surface area contributed by atoms with Gasteiger partial charge >= 0.3 is 0 Å². The molecule has 0 saturated heterocycles. The number of hydrogen-bond acceptors (Lipinski definition) is 3. The van der Waals surface area contributed by atoms with Crippen LogP contribution in [0, 0.1) is 0 Å². The van der Waals surface area contributed by atoms with Crippen molar-refractivity contribution < 1.29 is 9.63 Å². The molecule has 4 N–H and O–H groups in total. The van der Waals surface area contributed by atoms with Crippen molar-refractivity contribution in [3.8, 4) is 0 Å². The van der Waals surface area contributed by atoms with Crippen molar-refractivity contribution in [2.45, 2.75) is 0 Å². The van der Waals surface area contributed by atoms with Crippen LogP contribution in [0.15, 0.2) is 28.3 Å². The largest absolute Gasteiger partial charge is 0.386 e. The molecule has 1 rings (SSSR count). The molecule has 0 atom stereocenters. The number of aliphatic imine (C=N–C) groups is 1. The van der Waals surface area contributed by atoms with E-state index in [1.165, 1.54) is 6.21 Å². The fourth-order valence-electron chi connectivity index (χ4n) is 0.993. The maximum absolute atomic E-state index is 11.0. The van der Waals surface area contributed by atoms with Gasteiger partial charge in [-0.05, 0) is 12.1 Å². The summed E-state index contributed by atoms with van der Waals surface area (Å²) < 4.78 is 0. The number of halogens is 2. The van der Waals surface area contributed by atoms with Gasteiger partial charge in [-0.2, -0.15) is 4.99 Å². The third-order valence-corrected chi connectivity index (χ3v) is 2.36. The van der Waals surface area contributed by atoms with Gasteiger partial charge in [0.15, 0.2) is 12.6 Å². The molecule has 0 radical (unpaired) electrons. The third kappa shape index (κ3) is 4.60. The Balaban J connectivity index is 2.56. The second-order valence-electron chi connectivity index (χ2n) is 3.07. The van der Waals surface area contributed by atoms with Gasteiger partial charge < -0.3 is 16.3 Å². The molecule has 1 aromatic rings. The van der Waals surface area contributed by atoms with Crippen molar-refractivity contribution in [3.05, 3.63) is 33.8 Å². The molecule has 0 unspecified atom stereocenters. The molecule has 0 aliphatic heterocycles. The minimum Gasteiger partial charge on any atom is -0.386 e. The van der Waals surface area contributed by atoms with E-state index in [2.05, 4.69) is 10.1 Å². The molecule has 96 valence electrons. The van der Waals surface area contributed by atoms with Gasteiger partial charge in [0, 0.05) is 5.56 Å². The number of benzene rings is 1. The SMILES string of the molecule is NC(N)=NC(=O)CO/N=C/c1c(Cl)cccc1Cl. The predicted octanol–water partition coefficient (Wildman–Crippen LogP) is 1.14. The third-order valence-electron chi connectivity index (χ3n) is 1.70. The number of rotatable bonds is 4. The van der Waals surface area contributed by atoms with Crippen LogP contribution >= 0.6 is 23.2 Å². The molecule has 0 aromatic heterocycles. The second kappa shape index (κ2) is 6.83. The lowest BCUT2D eigenvalue weighted by molar-refractivity contribution is -0.122. The van der Waals surface area contributed by atoms with Crippen LogP contribution in [0.2, 0.25) is 10.0 Å². The molecule has 1 amide bonds. The fraction of sp³-hybridized carbons (Fsp3) is 0.100. The number of guanidine groups is 1. The van der Waals surface area contributed by atoms with Crippen LogP contribution in [-0.2, 0) is 9.63 Å².